The highest BCUT2D eigenvalue weighted by molar-refractivity contribution is 7.88. The molecule has 542 valence electrons. The number of fused-ring (bicyclic) bond motifs is 3. The largest absolute Gasteiger partial charge is 0.445 e. The highest BCUT2D eigenvalue weighted by Gasteiger charge is 2.59. The molecule has 0 radical (unpaired) electrons. The van der Waals surface area contributed by atoms with Gasteiger partial charge in [-0.3, -0.25) is 24.0 Å². The standard InChI is InChI=1S/C35H36FN3O5.C28H32FN3O5S.C18H22FNO/c1-21-10-13-27(28(36)14-21)31(23-11-12-23)37-32(40)30-17-25-16-29(25)39(30)33(41)24-8-5-9-26(15-24)35(43)19-38(20-35)34(42)44-18-22-6-3-2-4-7-22;1-16-6-9-21(22(29)10-16)25(17-7-8-17)30-26(33)24-13-19-12-23(19)32(24)27(34)18-4-3-5-20(11-18)28(35)14-31(15-28)38(2,36)37;1-10-2-5-15(16(19)6-10)17(11-3-4-11)20-18(21)14-8-12-7-13(12)9-14/h2-10,13-15,23,25,29-31,43H,11-12,16-20H2,1H3,(H,37,40);3-6,9-11,17,19,23-25,35H,7-8,12-15H2,1-2H3,(H,30,33);2,5-6,11-14,17H,3-4,7-9H2,1H3,(H,20,21)/t25-,29-,30-,31-;19-,23-,24-,25-;12-,13+,14?,17-/m111/s1. The molecule has 1 unspecified atom stereocenters. The lowest BCUT2D eigenvalue weighted by Crippen LogP contribution is -2.61. The van der Waals surface area contributed by atoms with Crippen LogP contribution in [0, 0.1) is 85.6 Å². The van der Waals surface area contributed by atoms with Crippen molar-refractivity contribution in [2.24, 2.45) is 47.3 Å². The number of ether oxygens (including phenoxy) is 1. The van der Waals surface area contributed by atoms with E-state index in [0.717, 1.165) is 105 Å². The molecular formula is C81H90F3N7O11S. The zero-order valence-corrected chi connectivity index (χ0v) is 59.3. The molecule has 7 saturated carbocycles. The molecule has 7 aliphatic carbocycles. The van der Waals surface area contributed by atoms with E-state index in [9.17, 15) is 60.6 Å². The van der Waals surface area contributed by atoms with Gasteiger partial charge >= 0.3 is 6.09 Å². The van der Waals surface area contributed by atoms with Gasteiger partial charge in [0.15, 0.2) is 0 Å². The van der Waals surface area contributed by atoms with Gasteiger partial charge in [-0.15, -0.1) is 0 Å². The SMILES string of the molecule is Cc1ccc([C@H](NC(=O)C2C[C@@H]3C[C@@H]3C2)C2CC2)c(F)c1.Cc1ccc([C@H](NC(=O)[C@H]2C[C@H]3C[C@H]3N2C(=O)c2cccc(C3(O)CN(C(=O)OCc4ccccc4)C3)c2)C2CC2)c(F)c1.Cc1ccc([C@H](NC(=O)[C@H]2C[C@H]3C[C@H]3N2C(=O)c2cccc(C3(O)CN(S(C)(=O)=O)C3)c2)C2CC2)c(F)c1. The summed E-state index contributed by atoms with van der Waals surface area (Å²) in [5.41, 5.74) is 4.15. The molecule has 11 aliphatic rings. The van der Waals surface area contributed by atoms with Crippen LogP contribution in [0.15, 0.2) is 133 Å². The number of rotatable bonds is 19. The molecule has 4 aliphatic heterocycles. The molecule has 11 fully saturated rings. The Morgan fingerprint density at radius 2 is 0.903 bits per heavy atom. The van der Waals surface area contributed by atoms with E-state index < -0.39 is 51.5 Å². The Morgan fingerprint density at radius 3 is 1.30 bits per heavy atom. The van der Waals surface area contributed by atoms with Crippen molar-refractivity contribution < 1.29 is 65.3 Å². The summed E-state index contributed by atoms with van der Waals surface area (Å²) in [4.78, 5) is 84.6. The Kier molecular flexibility index (Phi) is 18.8. The number of aliphatic hydroxyl groups is 2. The van der Waals surface area contributed by atoms with Crippen molar-refractivity contribution in [3.63, 3.8) is 0 Å². The van der Waals surface area contributed by atoms with Gasteiger partial charge in [0.2, 0.25) is 27.7 Å². The van der Waals surface area contributed by atoms with E-state index in [1.54, 1.807) is 76.5 Å². The van der Waals surface area contributed by atoms with E-state index in [1.165, 1.54) is 27.8 Å². The van der Waals surface area contributed by atoms with Gasteiger partial charge in [0.05, 0.1) is 37.5 Å². The van der Waals surface area contributed by atoms with Crippen LogP contribution in [0.25, 0.3) is 0 Å². The summed E-state index contributed by atoms with van der Waals surface area (Å²) in [5, 5.41) is 31.6. The number of aryl methyl sites for hydroxylation is 3. The lowest BCUT2D eigenvalue weighted by Gasteiger charge is -2.46. The van der Waals surface area contributed by atoms with Crippen molar-refractivity contribution in [3.8, 4) is 0 Å². The van der Waals surface area contributed by atoms with Crippen molar-refractivity contribution >= 4 is 45.7 Å². The van der Waals surface area contributed by atoms with Crippen LogP contribution in [0.2, 0.25) is 0 Å². The van der Waals surface area contributed by atoms with Crippen LogP contribution in [-0.2, 0) is 47.0 Å². The maximum atomic E-state index is 14.9. The van der Waals surface area contributed by atoms with Crippen molar-refractivity contribution in [2.75, 3.05) is 32.4 Å². The first-order valence-corrected chi connectivity index (χ1v) is 38.5. The molecule has 4 saturated heterocycles. The number of nitrogens with zero attached hydrogens (tertiary/aromatic N) is 4. The smallest absolute Gasteiger partial charge is 0.410 e. The van der Waals surface area contributed by atoms with Crippen LogP contribution in [0.1, 0.15) is 172 Å². The third-order valence-electron chi connectivity index (χ3n) is 23.6. The van der Waals surface area contributed by atoms with Gasteiger partial charge in [0.25, 0.3) is 11.8 Å². The number of nitrogens with one attached hydrogen (secondary N) is 3. The van der Waals surface area contributed by atoms with Crippen LogP contribution < -0.4 is 16.0 Å². The van der Waals surface area contributed by atoms with Crippen LogP contribution in [0.5, 0.6) is 0 Å². The second-order valence-electron chi connectivity index (χ2n) is 31.7. The maximum Gasteiger partial charge on any atom is 0.410 e. The summed E-state index contributed by atoms with van der Waals surface area (Å²) in [6, 6.07) is 36.1. The quantitative estimate of drug-likeness (QED) is 0.0511. The maximum absolute atomic E-state index is 14.9. The highest BCUT2D eigenvalue weighted by atomic mass is 32.2. The average Bonchev–Trinajstić information content (AvgIpc) is 1.65. The molecule has 0 bridgehead atoms. The van der Waals surface area contributed by atoms with E-state index in [-0.39, 0.29) is 127 Å². The number of benzene rings is 6. The fraction of sp³-hybridized carbons (Fsp3) is 0.481. The van der Waals surface area contributed by atoms with E-state index in [4.69, 9.17) is 4.74 Å². The van der Waals surface area contributed by atoms with Crippen molar-refractivity contribution in [3.05, 3.63) is 212 Å². The van der Waals surface area contributed by atoms with Crippen LogP contribution in [0.4, 0.5) is 18.0 Å². The second kappa shape index (κ2) is 27.6. The molecule has 12 atom stereocenters. The summed E-state index contributed by atoms with van der Waals surface area (Å²) >= 11 is 0. The zero-order valence-electron chi connectivity index (χ0n) is 58.5. The first kappa shape index (κ1) is 70.2. The van der Waals surface area contributed by atoms with Crippen LogP contribution in [-0.4, -0.2) is 130 Å². The lowest BCUT2D eigenvalue weighted by atomic mass is 9.85. The number of β-amino-alcohol motifs (C(OH)–C–C–N with tert-alkyl or cyclic N) is 2. The molecule has 103 heavy (non-hydrogen) atoms. The molecule has 0 aromatic heterocycles. The minimum absolute atomic E-state index is 0.000872. The first-order chi connectivity index (χ1) is 49.3. The number of hydrogen-bond donors (Lipinski definition) is 5. The Morgan fingerprint density at radius 1 is 0.495 bits per heavy atom. The average molecular weight is 1430 g/mol. The van der Waals surface area contributed by atoms with E-state index in [1.807, 2.05) is 75.4 Å². The molecule has 17 rings (SSSR count). The number of carbonyl (C=O) groups is 6. The Labute approximate surface area is 599 Å². The first-order valence-electron chi connectivity index (χ1n) is 36.7. The summed E-state index contributed by atoms with van der Waals surface area (Å²) in [6.07, 6.45) is 12.7. The van der Waals surface area contributed by atoms with Gasteiger partial charge in [-0.2, -0.15) is 4.31 Å². The number of sulfonamides is 1. The summed E-state index contributed by atoms with van der Waals surface area (Å²) in [5.74, 6) is 1.37. The topological polar surface area (TPSA) is 235 Å². The van der Waals surface area contributed by atoms with Gasteiger partial charge in [0, 0.05) is 58.9 Å². The Hall–Kier alpha value is -8.44. The minimum atomic E-state index is -3.41. The predicted octanol–water partition coefficient (Wildman–Crippen LogP) is 11.1. The van der Waals surface area contributed by atoms with Gasteiger partial charge in [-0.1, -0.05) is 91.0 Å². The number of halogens is 3. The molecular weight excluding hydrogens is 1340 g/mol. The van der Waals surface area contributed by atoms with Gasteiger partial charge in [0.1, 0.15) is 47.3 Å². The number of carbonyl (C=O) groups excluding carboxylic acids is 6. The normalized spacial score (nSPS) is 26.5. The van der Waals surface area contributed by atoms with Crippen LogP contribution in [0.3, 0.4) is 0 Å². The molecule has 22 heteroatoms. The molecule has 6 amide bonds. The molecule has 6 aromatic carbocycles. The third-order valence-corrected chi connectivity index (χ3v) is 24.7. The van der Waals surface area contributed by atoms with Crippen molar-refractivity contribution in [2.45, 2.75) is 164 Å². The van der Waals surface area contributed by atoms with Gasteiger partial charge in [-0.25, -0.2) is 26.4 Å². The second-order valence-corrected chi connectivity index (χ2v) is 33.7. The molecule has 6 aromatic rings. The third kappa shape index (κ3) is 15.0. The Bertz CT molecular complexity index is 4430. The number of piperidine rings is 2. The van der Waals surface area contributed by atoms with E-state index in [2.05, 4.69) is 16.0 Å². The van der Waals surface area contributed by atoms with Gasteiger partial charge in [-0.05, 0) is 222 Å². The molecule has 18 nitrogen and oxygen atoms in total. The number of amides is 6. The van der Waals surface area contributed by atoms with Gasteiger partial charge < -0.3 is 45.6 Å². The summed E-state index contributed by atoms with van der Waals surface area (Å²) in [6.45, 7) is 5.66. The van der Waals surface area contributed by atoms with Crippen LogP contribution >= 0.6 is 0 Å². The monoisotopic (exact) mass is 1430 g/mol. The molecule has 4 heterocycles. The molecule has 0 spiro atoms. The number of likely N-dealkylation sites (tertiary alicyclic amines) is 3. The fourth-order valence-electron chi connectivity index (χ4n) is 16.8. The van der Waals surface area contributed by atoms with E-state index in [0.29, 0.717) is 57.7 Å². The minimum Gasteiger partial charge on any atom is -0.445 e. The number of hydrogen-bond acceptors (Lipinski definition) is 11. The predicted molar refractivity (Wildman–Crippen MR) is 377 cm³/mol. The Balaban J connectivity index is 0.000000132. The van der Waals surface area contributed by atoms with E-state index >= 15 is 0 Å². The summed E-state index contributed by atoms with van der Waals surface area (Å²) in [7, 11) is -3.41. The highest BCUT2D eigenvalue weighted by Crippen LogP contribution is 2.55. The van der Waals surface area contributed by atoms with Crippen molar-refractivity contribution in [1.29, 1.82) is 0 Å². The zero-order chi connectivity index (χ0) is 72.1. The summed E-state index contributed by atoms with van der Waals surface area (Å²) < 4.78 is 74.0. The molecule has 5 N–H and O–H groups in total. The van der Waals surface area contributed by atoms with Crippen molar-refractivity contribution in [1.82, 2.24) is 35.0 Å². The fourth-order valence-corrected chi connectivity index (χ4v) is 17.7. The lowest BCUT2D eigenvalue weighted by molar-refractivity contribution is -0.127.